The summed E-state index contributed by atoms with van der Waals surface area (Å²) in [6, 6.07) is 2.88. The number of hydrogen-bond donors (Lipinski definition) is 2. The molecule has 2 N–H and O–H groups in total. The predicted molar refractivity (Wildman–Crippen MR) is 64.4 cm³/mol. The smallest absolute Gasteiger partial charge is 0.311 e. The third-order valence-electron chi connectivity index (χ3n) is 2.99. The molecule has 0 aromatic carbocycles. The summed E-state index contributed by atoms with van der Waals surface area (Å²) in [5, 5.41) is 23.9. The molecule has 0 radical (unpaired) electrons. The zero-order valence-corrected chi connectivity index (χ0v) is 9.83. The second kappa shape index (κ2) is 5.28. The van der Waals surface area contributed by atoms with Gasteiger partial charge in [-0.25, -0.2) is 4.98 Å². The number of hydrogen-bond acceptors (Lipinski definition) is 6. The average Bonchev–Trinajstić information content (AvgIpc) is 2.38. The average molecular weight is 253 g/mol. The van der Waals surface area contributed by atoms with E-state index in [4.69, 9.17) is 4.74 Å². The molecule has 18 heavy (non-hydrogen) atoms. The van der Waals surface area contributed by atoms with Crippen LogP contribution in [-0.4, -0.2) is 40.4 Å². The molecule has 98 valence electrons. The molecule has 0 atom stereocenters. The minimum atomic E-state index is -0.885. The van der Waals surface area contributed by atoms with E-state index in [-0.39, 0.29) is 18.1 Å². The van der Waals surface area contributed by atoms with Crippen LogP contribution < -0.4 is 5.32 Å². The minimum absolute atomic E-state index is 0.0897. The second-order valence-electron chi connectivity index (χ2n) is 4.32. The molecule has 0 amide bonds. The molecule has 0 unspecified atom stereocenters. The Morgan fingerprint density at radius 3 is 2.94 bits per heavy atom. The Labute approximate surface area is 104 Å². The Bertz CT molecular complexity index is 432. The monoisotopic (exact) mass is 253 g/mol. The van der Waals surface area contributed by atoms with E-state index in [0.29, 0.717) is 26.1 Å². The Morgan fingerprint density at radius 2 is 2.28 bits per heavy atom. The summed E-state index contributed by atoms with van der Waals surface area (Å²) >= 11 is 0. The summed E-state index contributed by atoms with van der Waals surface area (Å²) in [4.78, 5) is 14.2. The number of ether oxygens (including phenoxy) is 1. The first-order valence-corrected chi connectivity index (χ1v) is 5.74. The Hall–Kier alpha value is -1.73. The molecule has 1 saturated heterocycles. The molecular formula is C11H15N3O4. The fraction of sp³-hybridized carbons (Fsp3) is 0.545. The van der Waals surface area contributed by atoms with Crippen LogP contribution in [-0.2, 0) is 4.74 Å². The lowest BCUT2D eigenvalue weighted by atomic mass is 9.94. The fourth-order valence-corrected chi connectivity index (χ4v) is 1.86. The van der Waals surface area contributed by atoms with E-state index in [1.165, 1.54) is 18.3 Å². The molecule has 1 aromatic rings. The van der Waals surface area contributed by atoms with Gasteiger partial charge in [-0.1, -0.05) is 0 Å². The first-order chi connectivity index (χ1) is 8.61. The largest absolute Gasteiger partial charge is 0.388 e. The number of aliphatic hydroxyl groups is 1. The van der Waals surface area contributed by atoms with Crippen LogP contribution in [0, 0.1) is 10.1 Å². The third-order valence-corrected chi connectivity index (χ3v) is 2.99. The number of nitrogens with zero attached hydrogens (tertiary/aromatic N) is 2. The van der Waals surface area contributed by atoms with Crippen LogP contribution in [0.15, 0.2) is 18.3 Å². The van der Waals surface area contributed by atoms with Crippen molar-refractivity contribution in [1.82, 2.24) is 4.98 Å². The number of rotatable bonds is 4. The Balaban J connectivity index is 2.03. The quantitative estimate of drug-likeness (QED) is 0.612. The van der Waals surface area contributed by atoms with E-state index in [1.54, 1.807) is 0 Å². The van der Waals surface area contributed by atoms with E-state index >= 15 is 0 Å². The van der Waals surface area contributed by atoms with Gasteiger partial charge in [-0.05, 0) is 6.07 Å². The SMILES string of the molecule is O=[N+]([O-])c1cccnc1NCC1(O)CCOCC1. The van der Waals surface area contributed by atoms with E-state index in [2.05, 4.69) is 10.3 Å². The molecule has 7 nitrogen and oxygen atoms in total. The van der Waals surface area contributed by atoms with Crippen molar-refractivity contribution in [3.8, 4) is 0 Å². The zero-order chi connectivity index (χ0) is 13.0. The van der Waals surface area contributed by atoms with Gasteiger partial charge < -0.3 is 15.2 Å². The van der Waals surface area contributed by atoms with Crippen LogP contribution in [0.5, 0.6) is 0 Å². The summed E-state index contributed by atoms with van der Waals surface area (Å²) in [6.45, 7) is 1.24. The molecule has 0 aliphatic carbocycles. The number of pyridine rings is 1. The van der Waals surface area contributed by atoms with Crippen LogP contribution >= 0.6 is 0 Å². The highest BCUT2D eigenvalue weighted by atomic mass is 16.6. The molecule has 2 heterocycles. The summed E-state index contributed by atoms with van der Waals surface area (Å²) in [7, 11) is 0. The Morgan fingerprint density at radius 1 is 1.56 bits per heavy atom. The number of nitrogens with one attached hydrogen (secondary N) is 1. The van der Waals surface area contributed by atoms with Gasteiger partial charge in [0.2, 0.25) is 5.82 Å². The highest BCUT2D eigenvalue weighted by Crippen LogP contribution is 2.24. The predicted octanol–water partition coefficient (Wildman–Crippen LogP) is 0.943. The number of anilines is 1. The van der Waals surface area contributed by atoms with Crippen LogP contribution in [0.1, 0.15) is 12.8 Å². The maximum atomic E-state index is 10.8. The standard InChI is InChI=1S/C11H15N3O4/c15-11(3-6-18-7-4-11)8-13-10-9(14(16)17)2-1-5-12-10/h1-2,5,15H,3-4,6-8H2,(H,12,13). The molecular weight excluding hydrogens is 238 g/mol. The van der Waals surface area contributed by atoms with Crippen molar-refractivity contribution in [3.63, 3.8) is 0 Å². The van der Waals surface area contributed by atoms with Crippen molar-refractivity contribution in [2.24, 2.45) is 0 Å². The van der Waals surface area contributed by atoms with Crippen LogP contribution in [0.3, 0.4) is 0 Å². The molecule has 1 aliphatic heterocycles. The van der Waals surface area contributed by atoms with Crippen molar-refractivity contribution in [3.05, 3.63) is 28.4 Å². The number of aromatic nitrogens is 1. The third kappa shape index (κ3) is 2.93. The van der Waals surface area contributed by atoms with Gasteiger partial charge in [-0.15, -0.1) is 0 Å². The topological polar surface area (TPSA) is 97.5 Å². The summed E-state index contributed by atoms with van der Waals surface area (Å²) < 4.78 is 5.17. The van der Waals surface area contributed by atoms with E-state index in [1.807, 2.05) is 0 Å². The highest BCUT2D eigenvalue weighted by Gasteiger charge is 2.30. The lowest BCUT2D eigenvalue weighted by molar-refractivity contribution is -0.384. The van der Waals surface area contributed by atoms with Gasteiger partial charge in [0.05, 0.1) is 10.5 Å². The second-order valence-corrected chi connectivity index (χ2v) is 4.32. The fourth-order valence-electron chi connectivity index (χ4n) is 1.86. The van der Waals surface area contributed by atoms with Crippen LogP contribution in [0.4, 0.5) is 11.5 Å². The maximum Gasteiger partial charge on any atom is 0.311 e. The summed E-state index contributed by atoms with van der Waals surface area (Å²) in [5.41, 5.74) is -0.975. The molecule has 0 saturated carbocycles. The van der Waals surface area contributed by atoms with Crippen molar-refractivity contribution in [2.45, 2.75) is 18.4 Å². The number of nitro groups is 1. The van der Waals surface area contributed by atoms with Gasteiger partial charge in [0.15, 0.2) is 0 Å². The molecule has 0 spiro atoms. The molecule has 0 bridgehead atoms. The van der Waals surface area contributed by atoms with E-state index < -0.39 is 10.5 Å². The van der Waals surface area contributed by atoms with E-state index in [9.17, 15) is 15.2 Å². The molecule has 2 rings (SSSR count). The lowest BCUT2D eigenvalue weighted by Gasteiger charge is -2.32. The highest BCUT2D eigenvalue weighted by molar-refractivity contribution is 5.55. The van der Waals surface area contributed by atoms with Crippen molar-refractivity contribution in [2.75, 3.05) is 25.1 Å². The molecule has 7 heteroatoms. The first-order valence-electron chi connectivity index (χ1n) is 5.74. The maximum absolute atomic E-state index is 10.8. The van der Waals surface area contributed by atoms with Gasteiger partial charge >= 0.3 is 5.69 Å². The van der Waals surface area contributed by atoms with Crippen molar-refractivity contribution >= 4 is 11.5 Å². The van der Waals surface area contributed by atoms with Gasteiger partial charge in [-0.3, -0.25) is 10.1 Å². The van der Waals surface area contributed by atoms with E-state index in [0.717, 1.165) is 0 Å². The van der Waals surface area contributed by atoms with Gasteiger partial charge in [-0.2, -0.15) is 0 Å². The summed E-state index contributed by atoms with van der Waals surface area (Å²) in [5.74, 6) is 0.183. The van der Waals surface area contributed by atoms with Crippen molar-refractivity contribution < 1.29 is 14.8 Å². The van der Waals surface area contributed by atoms with Crippen LogP contribution in [0.25, 0.3) is 0 Å². The minimum Gasteiger partial charge on any atom is -0.388 e. The first kappa shape index (κ1) is 12.7. The normalized spacial score (nSPS) is 18.3. The Kier molecular flexibility index (Phi) is 3.73. The van der Waals surface area contributed by atoms with Crippen LogP contribution in [0.2, 0.25) is 0 Å². The lowest BCUT2D eigenvalue weighted by Crippen LogP contribution is -2.42. The molecule has 1 fully saturated rings. The molecule has 1 aliphatic rings. The van der Waals surface area contributed by atoms with Gasteiger partial charge in [0.25, 0.3) is 0 Å². The van der Waals surface area contributed by atoms with Gasteiger partial charge in [0.1, 0.15) is 0 Å². The van der Waals surface area contributed by atoms with Crippen molar-refractivity contribution in [1.29, 1.82) is 0 Å². The molecule has 1 aromatic heterocycles. The van der Waals surface area contributed by atoms with Gasteiger partial charge in [0, 0.05) is 44.9 Å². The zero-order valence-electron chi connectivity index (χ0n) is 9.83. The summed E-state index contributed by atoms with van der Waals surface area (Å²) in [6.07, 6.45) is 2.50.